The Kier molecular flexibility index (Phi) is 0.581. The van der Waals surface area contributed by atoms with Crippen molar-refractivity contribution in [3.63, 3.8) is 0 Å². The highest BCUT2D eigenvalue weighted by molar-refractivity contribution is 5.69. The van der Waals surface area contributed by atoms with Gasteiger partial charge in [-0.25, -0.2) is 4.79 Å². The predicted molar refractivity (Wildman–Crippen MR) is 13.8 cm³/mol. The number of urea groups is 1. The van der Waals surface area contributed by atoms with E-state index in [2.05, 4.69) is 11.5 Å². The summed E-state index contributed by atoms with van der Waals surface area (Å²) in [4.78, 5) is 9.00. The van der Waals surface area contributed by atoms with Crippen molar-refractivity contribution < 1.29 is 4.79 Å². The van der Waals surface area contributed by atoms with Crippen molar-refractivity contribution >= 4 is 6.03 Å². The minimum atomic E-state index is -0.833. The van der Waals surface area contributed by atoms with Crippen molar-refractivity contribution in [3.8, 4) is 0 Å². The van der Waals surface area contributed by atoms with Gasteiger partial charge in [0.1, 0.15) is 0 Å². The van der Waals surface area contributed by atoms with Gasteiger partial charge in [0, 0.05) is 0 Å². The summed E-state index contributed by atoms with van der Waals surface area (Å²) < 4.78 is 0. The Hall–Kier alpha value is -0.730. The molecular weight excluding hydrogens is 57.0 g/mol. The third-order valence-electron chi connectivity index (χ3n) is 0. The summed E-state index contributed by atoms with van der Waals surface area (Å²) in [6.07, 6.45) is 0. The Morgan fingerprint density at radius 1 is 1.50 bits per heavy atom. The SMILES string of the molecule is N[13C](N)=O. The molecule has 3 nitrogen and oxygen atoms in total. The molecule has 0 spiro atoms. The van der Waals surface area contributed by atoms with Crippen LogP contribution in [0.25, 0.3) is 0 Å². The molecule has 0 saturated heterocycles. The van der Waals surface area contributed by atoms with E-state index in [1.807, 2.05) is 0 Å². The lowest BCUT2D eigenvalue weighted by Crippen LogP contribution is -2.18. The van der Waals surface area contributed by atoms with Gasteiger partial charge in [-0.05, 0) is 0 Å². The second-order valence-electron chi connectivity index (χ2n) is 0.402. The quantitative estimate of drug-likeness (QED) is 0.347. The first-order valence-corrected chi connectivity index (χ1v) is 0.781. The third kappa shape index (κ3) is 0.174. The average Bonchev–Trinajstić information content (AvgIpc) is 0.811. The van der Waals surface area contributed by atoms with E-state index in [9.17, 15) is 0 Å². The fourth-order valence-corrected chi connectivity index (χ4v) is 0. The lowest BCUT2D eigenvalue weighted by atomic mass is 11.9. The van der Waals surface area contributed by atoms with Crippen molar-refractivity contribution in [2.45, 2.75) is 0 Å². The van der Waals surface area contributed by atoms with Gasteiger partial charge >= 0.3 is 6.03 Å². The van der Waals surface area contributed by atoms with Gasteiger partial charge in [-0.3, -0.25) is 0 Å². The number of carbonyl (C=O) groups is 1. The Morgan fingerprint density at radius 2 is 1.50 bits per heavy atom. The van der Waals surface area contributed by atoms with E-state index >= 15 is 0 Å². The van der Waals surface area contributed by atoms with Crippen LogP contribution in [-0.4, -0.2) is 6.03 Å². The van der Waals surface area contributed by atoms with E-state index in [0.717, 1.165) is 0 Å². The molecule has 24 valence electrons. The Balaban J connectivity index is 2.80. The summed E-state index contributed by atoms with van der Waals surface area (Å²) in [6, 6.07) is -0.833. The third-order valence-corrected chi connectivity index (χ3v) is 0. The zero-order valence-corrected chi connectivity index (χ0v) is 2.06. The van der Waals surface area contributed by atoms with E-state index in [4.69, 9.17) is 4.79 Å². The van der Waals surface area contributed by atoms with Gasteiger partial charge in [0.25, 0.3) is 0 Å². The number of rotatable bonds is 0. The van der Waals surface area contributed by atoms with Gasteiger partial charge < -0.3 is 11.5 Å². The fraction of sp³-hybridized carbons (Fsp3) is 0. The molecule has 3 heteroatoms. The van der Waals surface area contributed by atoms with Crippen LogP contribution in [0.4, 0.5) is 4.79 Å². The maximum absolute atomic E-state index is 9.00. The topological polar surface area (TPSA) is 69.1 Å². The number of hydrogen-bond donors (Lipinski definition) is 2. The van der Waals surface area contributed by atoms with Crippen LogP contribution < -0.4 is 11.5 Å². The molecule has 0 saturated carbocycles. The molecule has 0 heterocycles. The Morgan fingerprint density at radius 3 is 1.50 bits per heavy atom. The smallest absolute Gasteiger partial charge is 0.309 e. The Labute approximate surface area is 23.6 Å². The first kappa shape index (κ1) is 3.27. The van der Waals surface area contributed by atoms with Gasteiger partial charge in [-0.2, -0.15) is 0 Å². The minimum absolute atomic E-state index is 0.833. The van der Waals surface area contributed by atoms with Crippen molar-refractivity contribution in [2.75, 3.05) is 0 Å². The lowest BCUT2D eigenvalue weighted by Gasteiger charge is -1.62. The summed E-state index contributed by atoms with van der Waals surface area (Å²) in [5, 5.41) is 0. The normalized spacial score (nSPS) is 6.00. The molecule has 0 atom stereocenters. The number of carbonyl (C=O) groups excluding carboxylic acids is 1. The highest BCUT2D eigenvalue weighted by Gasteiger charge is 1.60. The predicted octanol–water partition coefficient (Wildman–Crippen LogP) is -0.976. The van der Waals surface area contributed by atoms with E-state index in [-0.39, 0.29) is 0 Å². The van der Waals surface area contributed by atoms with Crippen LogP contribution in [0.2, 0.25) is 0 Å². The first-order valence-electron chi connectivity index (χ1n) is 0.781. The highest BCUT2D eigenvalue weighted by Crippen LogP contribution is 1.25. The van der Waals surface area contributed by atoms with Crippen LogP contribution in [-0.2, 0) is 0 Å². The van der Waals surface area contributed by atoms with Gasteiger partial charge in [0.15, 0.2) is 0 Å². The van der Waals surface area contributed by atoms with E-state index in [0.29, 0.717) is 0 Å². The van der Waals surface area contributed by atoms with Gasteiger partial charge in [-0.1, -0.05) is 0 Å². The molecule has 0 aromatic heterocycles. The maximum Gasteiger partial charge on any atom is 0.309 e. The van der Waals surface area contributed by atoms with E-state index < -0.39 is 6.03 Å². The summed E-state index contributed by atoms with van der Waals surface area (Å²) in [7, 11) is 0. The van der Waals surface area contributed by atoms with E-state index in [1.54, 1.807) is 0 Å². The van der Waals surface area contributed by atoms with Crippen LogP contribution in [0.1, 0.15) is 0 Å². The van der Waals surface area contributed by atoms with Crippen molar-refractivity contribution in [1.82, 2.24) is 0 Å². The van der Waals surface area contributed by atoms with Crippen molar-refractivity contribution in [1.29, 1.82) is 0 Å². The van der Waals surface area contributed by atoms with Gasteiger partial charge in [-0.15, -0.1) is 0 Å². The summed E-state index contributed by atoms with van der Waals surface area (Å²) in [6.45, 7) is 0. The second kappa shape index (κ2) is 0.711. The summed E-state index contributed by atoms with van der Waals surface area (Å²) in [5.41, 5.74) is 8.50. The van der Waals surface area contributed by atoms with Crippen molar-refractivity contribution in [3.05, 3.63) is 0 Å². The molecule has 4 heavy (non-hydrogen) atoms. The van der Waals surface area contributed by atoms with Crippen LogP contribution in [0.3, 0.4) is 0 Å². The Bertz CT molecular complexity index is 29.0. The van der Waals surface area contributed by atoms with Gasteiger partial charge in [0.2, 0.25) is 0 Å². The van der Waals surface area contributed by atoms with E-state index in [1.165, 1.54) is 0 Å². The van der Waals surface area contributed by atoms with Gasteiger partial charge in [0.05, 0.1) is 0 Å². The summed E-state index contributed by atoms with van der Waals surface area (Å²) in [5.74, 6) is 0. The molecule has 0 unspecified atom stereocenters. The van der Waals surface area contributed by atoms with Crippen LogP contribution >= 0.6 is 0 Å². The molecule has 0 aliphatic heterocycles. The van der Waals surface area contributed by atoms with Crippen LogP contribution in [0.5, 0.6) is 0 Å². The van der Waals surface area contributed by atoms with Crippen LogP contribution in [0.15, 0.2) is 0 Å². The molecule has 0 aromatic carbocycles. The number of primary amides is 2. The number of amides is 2. The molecule has 0 bridgehead atoms. The molecule has 0 aliphatic carbocycles. The lowest BCUT2D eigenvalue weighted by molar-refractivity contribution is 0.256. The number of hydrogen-bond acceptors (Lipinski definition) is 1. The standard InChI is InChI=1S/CH4N2O/c2-1(3)4/h(H4,2,3,4)/i1+1. The van der Waals surface area contributed by atoms with Crippen molar-refractivity contribution in [2.24, 2.45) is 11.5 Å². The second-order valence-corrected chi connectivity index (χ2v) is 0.402. The molecule has 0 radical (unpaired) electrons. The summed E-state index contributed by atoms with van der Waals surface area (Å²) >= 11 is 0. The molecular formula is CH4N2O. The fourth-order valence-electron chi connectivity index (χ4n) is 0. The number of nitrogens with two attached hydrogens (primary N) is 2. The molecule has 4 N–H and O–H groups in total. The molecule has 0 fully saturated rings. The maximum atomic E-state index is 9.00. The zero-order valence-electron chi connectivity index (χ0n) is 2.06. The monoisotopic (exact) mass is 61.0 g/mol. The molecule has 0 aromatic rings. The molecule has 2 amide bonds. The molecule has 0 rings (SSSR count). The largest absolute Gasteiger partial charge is 0.352 e. The van der Waals surface area contributed by atoms with Crippen LogP contribution in [0, 0.1) is 0 Å². The highest BCUT2D eigenvalue weighted by atomic mass is 16.2. The average molecular weight is 61.0 g/mol. The minimum Gasteiger partial charge on any atom is -0.352 e. The zero-order chi connectivity index (χ0) is 3.58. The molecule has 0 aliphatic rings. The first-order chi connectivity index (χ1) is 1.73.